The van der Waals surface area contributed by atoms with Crippen molar-refractivity contribution in [1.82, 2.24) is 14.5 Å². The minimum atomic E-state index is -3.40. The topological polar surface area (TPSA) is 88.2 Å². The first-order chi connectivity index (χ1) is 13.5. The van der Waals surface area contributed by atoms with Crippen molar-refractivity contribution in [3.05, 3.63) is 29.8 Å². The highest BCUT2D eigenvalue weighted by molar-refractivity contribution is 7.89. The van der Waals surface area contributed by atoms with Crippen LogP contribution >= 0.6 is 0 Å². The van der Waals surface area contributed by atoms with Crippen molar-refractivity contribution in [2.24, 2.45) is 0 Å². The molecule has 156 valence electrons. The second-order valence-corrected chi connectivity index (χ2v) is 9.17. The monoisotopic (exact) mass is 411 g/mol. The van der Waals surface area contributed by atoms with Gasteiger partial charge in [0.05, 0.1) is 19.0 Å². The smallest absolute Gasteiger partial charge is 0.253 e. The zero-order valence-electron chi connectivity index (χ0n) is 16.3. The van der Waals surface area contributed by atoms with Crippen molar-refractivity contribution in [2.75, 3.05) is 58.7 Å². The molecular formula is C19H29N3O5S. The Kier molecular flexibility index (Phi) is 7.28. The second kappa shape index (κ2) is 9.69. The van der Waals surface area contributed by atoms with Gasteiger partial charge in [-0.05, 0) is 37.1 Å². The molecule has 0 radical (unpaired) electrons. The maximum atomic E-state index is 13.0. The summed E-state index contributed by atoms with van der Waals surface area (Å²) in [6.45, 7) is 3.50. The molecule has 0 saturated carbocycles. The van der Waals surface area contributed by atoms with E-state index in [0.29, 0.717) is 50.6 Å². The highest BCUT2D eigenvalue weighted by Gasteiger charge is 2.28. The highest BCUT2D eigenvalue weighted by Crippen LogP contribution is 2.17. The molecule has 2 aliphatic rings. The van der Waals surface area contributed by atoms with Gasteiger partial charge in [0, 0.05) is 51.4 Å². The van der Waals surface area contributed by atoms with Crippen molar-refractivity contribution in [2.45, 2.75) is 18.9 Å². The Morgan fingerprint density at radius 3 is 2.61 bits per heavy atom. The van der Waals surface area contributed by atoms with Crippen LogP contribution < -0.4 is 10.1 Å². The summed E-state index contributed by atoms with van der Waals surface area (Å²) in [5.74, 6) is 0.402. The number of rotatable bonds is 8. The summed E-state index contributed by atoms with van der Waals surface area (Å²) >= 11 is 0. The molecule has 2 saturated heterocycles. The Morgan fingerprint density at radius 1 is 1.29 bits per heavy atom. The lowest BCUT2D eigenvalue weighted by atomic mass is 10.1. The number of methoxy groups -OCH3 is 1. The average molecular weight is 412 g/mol. The first kappa shape index (κ1) is 21.0. The Balaban J connectivity index is 1.69. The lowest BCUT2D eigenvalue weighted by Gasteiger charge is -2.29. The van der Waals surface area contributed by atoms with Gasteiger partial charge in [0.1, 0.15) is 5.75 Å². The van der Waals surface area contributed by atoms with Gasteiger partial charge in [0.15, 0.2) is 0 Å². The van der Waals surface area contributed by atoms with Crippen LogP contribution in [0.5, 0.6) is 5.75 Å². The first-order valence-corrected chi connectivity index (χ1v) is 11.3. The Morgan fingerprint density at radius 2 is 2.00 bits per heavy atom. The van der Waals surface area contributed by atoms with E-state index in [1.807, 2.05) is 0 Å². The summed E-state index contributed by atoms with van der Waals surface area (Å²) in [5, 5.41) is 3.15. The molecule has 0 unspecified atom stereocenters. The van der Waals surface area contributed by atoms with Crippen LogP contribution in [0.25, 0.3) is 0 Å². The molecule has 1 atom stereocenters. The number of hydrogen-bond donors (Lipinski definition) is 1. The second-order valence-electron chi connectivity index (χ2n) is 7.08. The molecule has 0 aromatic heterocycles. The predicted octanol–water partition coefficient (Wildman–Crippen LogP) is 0.551. The van der Waals surface area contributed by atoms with E-state index in [1.165, 1.54) is 4.31 Å². The van der Waals surface area contributed by atoms with Gasteiger partial charge in [-0.15, -0.1) is 0 Å². The summed E-state index contributed by atoms with van der Waals surface area (Å²) in [6, 6.07) is 6.87. The van der Waals surface area contributed by atoms with Gasteiger partial charge in [-0.25, -0.2) is 8.42 Å². The standard InChI is InChI=1S/C19H29N3O5S/c1-26-17-6-4-16(5-7-17)19(23)21(15-18-3-2-13-27-18)12-14-28(24,25)22-10-8-20-9-11-22/h4-7,18,20H,2-3,8-15H2,1H3/t18-/m1/s1. The molecule has 1 amide bonds. The molecule has 8 nitrogen and oxygen atoms in total. The molecule has 0 aliphatic carbocycles. The quantitative estimate of drug-likeness (QED) is 0.672. The summed E-state index contributed by atoms with van der Waals surface area (Å²) in [4.78, 5) is 14.6. The van der Waals surface area contributed by atoms with E-state index in [4.69, 9.17) is 9.47 Å². The fraction of sp³-hybridized carbons (Fsp3) is 0.632. The van der Waals surface area contributed by atoms with Crippen LogP contribution in [0.15, 0.2) is 24.3 Å². The minimum Gasteiger partial charge on any atom is -0.497 e. The van der Waals surface area contributed by atoms with Crippen molar-refractivity contribution in [3.8, 4) is 5.75 Å². The molecule has 2 heterocycles. The van der Waals surface area contributed by atoms with E-state index in [0.717, 1.165) is 12.8 Å². The van der Waals surface area contributed by atoms with Crippen molar-refractivity contribution >= 4 is 15.9 Å². The highest BCUT2D eigenvalue weighted by atomic mass is 32.2. The van der Waals surface area contributed by atoms with E-state index in [2.05, 4.69) is 5.32 Å². The van der Waals surface area contributed by atoms with Gasteiger partial charge >= 0.3 is 0 Å². The summed E-state index contributed by atoms with van der Waals surface area (Å²) < 4.78 is 37.7. The summed E-state index contributed by atoms with van der Waals surface area (Å²) in [5.41, 5.74) is 0.512. The maximum Gasteiger partial charge on any atom is 0.253 e. The van der Waals surface area contributed by atoms with Crippen molar-refractivity contribution in [3.63, 3.8) is 0 Å². The fourth-order valence-electron chi connectivity index (χ4n) is 3.50. The molecular weight excluding hydrogens is 382 g/mol. The Labute approximate surface area is 166 Å². The van der Waals surface area contributed by atoms with E-state index in [-0.39, 0.29) is 24.3 Å². The molecule has 0 bridgehead atoms. The maximum absolute atomic E-state index is 13.0. The third kappa shape index (κ3) is 5.44. The number of nitrogens with one attached hydrogen (secondary N) is 1. The molecule has 1 aromatic rings. The average Bonchev–Trinajstić information content (AvgIpc) is 3.24. The number of nitrogens with zero attached hydrogens (tertiary/aromatic N) is 2. The number of ether oxygens (including phenoxy) is 2. The number of sulfonamides is 1. The van der Waals surface area contributed by atoms with Gasteiger partial charge < -0.3 is 19.7 Å². The third-order valence-electron chi connectivity index (χ3n) is 5.16. The van der Waals surface area contributed by atoms with Crippen LogP contribution in [0.4, 0.5) is 0 Å². The number of carbonyl (C=O) groups excluding carboxylic acids is 1. The summed E-state index contributed by atoms with van der Waals surface area (Å²) in [6.07, 6.45) is 1.81. The van der Waals surface area contributed by atoms with E-state index < -0.39 is 10.0 Å². The molecule has 3 rings (SSSR count). The van der Waals surface area contributed by atoms with Crippen LogP contribution in [-0.2, 0) is 14.8 Å². The normalized spacial score (nSPS) is 20.8. The molecule has 1 aromatic carbocycles. The van der Waals surface area contributed by atoms with Gasteiger partial charge in [-0.2, -0.15) is 4.31 Å². The Hall–Kier alpha value is -1.68. The van der Waals surface area contributed by atoms with Crippen LogP contribution in [0.2, 0.25) is 0 Å². The van der Waals surface area contributed by atoms with Crippen LogP contribution in [0.1, 0.15) is 23.2 Å². The van der Waals surface area contributed by atoms with E-state index in [9.17, 15) is 13.2 Å². The zero-order valence-corrected chi connectivity index (χ0v) is 17.1. The number of amides is 1. The largest absolute Gasteiger partial charge is 0.497 e. The predicted molar refractivity (Wildman–Crippen MR) is 106 cm³/mol. The van der Waals surface area contributed by atoms with E-state index in [1.54, 1.807) is 36.3 Å². The summed E-state index contributed by atoms with van der Waals surface area (Å²) in [7, 11) is -1.83. The lowest BCUT2D eigenvalue weighted by Crippen LogP contribution is -2.49. The van der Waals surface area contributed by atoms with Crippen LogP contribution in [0, 0.1) is 0 Å². The number of carbonyl (C=O) groups is 1. The molecule has 2 aliphatic heterocycles. The number of benzene rings is 1. The van der Waals surface area contributed by atoms with Crippen LogP contribution in [-0.4, -0.2) is 88.4 Å². The molecule has 9 heteroatoms. The number of piperazine rings is 1. The van der Waals surface area contributed by atoms with Crippen LogP contribution in [0.3, 0.4) is 0 Å². The third-order valence-corrected chi connectivity index (χ3v) is 7.01. The molecule has 0 spiro atoms. The van der Waals surface area contributed by atoms with Crippen molar-refractivity contribution < 1.29 is 22.7 Å². The zero-order chi connectivity index (χ0) is 20.0. The molecule has 1 N–H and O–H groups in total. The SMILES string of the molecule is COc1ccc(C(=O)N(CCS(=O)(=O)N2CCNCC2)C[C@H]2CCCO2)cc1. The lowest BCUT2D eigenvalue weighted by molar-refractivity contribution is 0.0540. The first-order valence-electron chi connectivity index (χ1n) is 9.73. The van der Waals surface area contributed by atoms with Gasteiger partial charge in [0.25, 0.3) is 5.91 Å². The minimum absolute atomic E-state index is 0.0379. The van der Waals surface area contributed by atoms with Gasteiger partial charge in [-0.3, -0.25) is 4.79 Å². The molecule has 28 heavy (non-hydrogen) atoms. The van der Waals surface area contributed by atoms with E-state index >= 15 is 0 Å². The fourth-order valence-corrected chi connectivity index (χ4v) is 4.95. The number of hydrogen-bond acceptors (Lipinski definition) is 6. The molecule has 2 fully saturated rings. The van der Waals surface area contributed by atoms with Crippen molar-refractivity contribution in [1.29, 1.82) is 0 Å². The van der Waals surface area contributed by atoms with Gasteiger partial charge in [0.2, 0.25) is 10.0 Å². The van der Waals surface area contributed by atoms with Gasteiger partial charge in [-0.1, -0.05) is 0 Å². The Bertz CT molecular complexity index is 741.